The molecule has 1 aromatic heterocycles. The maximum Gasteiger partial charge on any atom is 0.318 e. The zero-order valence-electron chi connectivity index (χ0n) is 15.8. The Labute approximate surface area is 161 Å². The van der Waals surface area contributed by atoms with Crippen LogP contribution in [0.15, 0.2) is 53.5 Å². The zero-order chi connectivity index (χ0) is 20.4. The van der Waals surface area contributed by atoms with E-state index >= 15 is 0 Å². The van der Waals surface area contributed by atoms with Gasteiger partial charge in [0.25, 0.3) is 5.56 Å². The summed E-state index contributed by atoms with van der Waals surface area (Å²) in [5.74, 6) is -2.29. The molecule has 0 aliphatic heterocycles. The third kappa shape index (κ3) is 3.60. The number of urea groups is 1. The van der Waals surface area contributed by atoms with Crippen LogP contribution in [-0.4, -0.2) is 23.0 Å². The number of H-pyrrole nitrogens is 1. The number of hydrogen-bond acceptors (Lipinski definition) is 2. The van der Waals surface area contributed by atoms with Crippen LogP contribution in [0.4, 0.5) is 13.6 Å². The van der Waals surface area contributed by atoms with E-state index in [1.54, 1.807) is 14.0 Å². The van der Waals surface area contributed by atoms with E-state index in [2.05, 4.69) is 10.3 Å². The lowest BCUT2D eigenvalue weighted by Gasteiger charge is -2.28. The van der Waals surface area contributed by atoms with E-state index < -0.39 is 23.2 Å². The fourth-order valence-electron chi connectivity index (χ4n) is 3.15. The molecule has 0 saturated heterocycles. The summed E-state index contributed by atoms with van der Waals surface area (Å²) in [6, 6.07) is 10.8. The lowest BCUT2D eigenvalue weighted by Crippen LogP contribution is -2.40. The van der Waals surface area contributed by atoms with Gasteiger partial charge in [-0.25, -0.2) is 13.6 Å². The van der Waals surface area contributed by atoms with Crippen LogP contribution in [0.25, 0.3) is 10.8 Å². The van der Waals surface area contributed by atoms with Crippen LogP contribution in [0.1, 0.15) is 37.1 Å². The predicted octanol–water partition coefficient (Wildman–Crippen LogP) is 4.27. The minimum absolute atomic E-state index is 0.206. The van der Waals surface area contributed by atoms with Gasteiger partial charge in [0.05, 0.1) is 17.5 Å². The molecule has 0 bridgehead atoms. The third-order valence-electron chi connectivity index (χ3n) is 4.98. The molecule has 0 spiro atoms. The molecule has 0 fully saturated rings. The molecule has 2 aromatic carbocycles. The van der Waals surface area contributed by atoms with Crippen LogP contribution in [0.2, 0.25) is 0 Å². The summed E-state index contributed by atoms with van der Waals surface area (Å²) in [5, 5.41) is 2.83. The fourth-order valence-corrected chi connectivity index (χ4v) is 3.15. The Hall–Kier alpha value is -3.22. The zero-order valence-corrected chi connectivity index (χ0v) is 15.8. The number of fused-ring (bicyclic) bond motifs is 1. The van der Waals surface area contributed by atoms with Crippen molar-refractivity contribution in [3.8, 4) is 0 Å². The van der Waals surface area contributed by atoms with Gasteiger partial charge in [0, 0.05) is 13.2 Å². The van der Waals surface area contributed by atoms with Crippen molar-refractivity contribution in [2.75, 3.05) is 7.05 Å². The van der Waals surface area contributed by atoms with Gasteiger partial charge in [-0.2, -0.15) is 0 Å². The SMILES string of the molecule is CC(NC(=O)N(C)C(C)c1c[nH]c(=O)c2c(F)c(F)ccc12)c1ccccc1. The first-order valence-electron chi connectivity index (χ1n) is 8.88. The third-order valence-corrected chi connectivity index (χ3v) is 4.98. The average molecular weight is 385 g/mol. The molecule has 2 unspecified atom stereocenters. The number of halogens is 2. The van der Waals surface area contributed by atoms with Crippen LogP contribution in [0, 0.1) is 11.6 Å². The number of pyridine rings is 1. The molecule has 5 nitrogen and oxygen atoms in total. The number of rotatable bonds is 4. The van der Waals surface area contributed by atoms with Crippen molar-refractivity contribution in [3.05, 3.63) is 81.8 Å². The van der Waals surface area contributed by atoms with Gasteiger partial charge in [-0.05, 0) is 36.4 Å². The normalized spacial score (nSPS) is 13.2. The topological polar surface area (TPSA) is 65.2 Å². The molecule has 1 heterocycles. The van der Waals surface area contributed by atoms with Crippen molar-refractivity contribution < 1.29 is 13.6 Å². The second-order valence-corrected chi connectivity index (χ2v) is 6.73. The molecule has 0 aliphatic carbocycles. The van der Waals surface area contributed by atoms with Gasteiger partial charge in [-0.1, -0.05) is 36.4 Å². The van der Waals surface area contributed by atoms with Crippen LogP contribution in [0.5, 0.6) is 0 Å². The van der Waals surface area contributed by atoms with Crippen molar-refractivity contribution in [3.63, 3.8) is 0 Å². The summed E-state index contributed by atoms with van der Waals surface area (Å²) in [5.41, 5.74) is 0.759. The Morgan fingerprint density at radius 1 is 1.11 bits per heavy atom. The minimum Gasteiger partial charge on any atom is -0.331 e. The average Bonchev–Trinajstić information content (AvgIpc) is 2.70. The molecule has 0 radical (unpaired) electrons. The summed E-state index contributed by atoms with van der Waals surface area (Å²) in [6.07, 6.45) is 1.43. The van der Waals surface area contributed by atoms with Crippen LogP contribution >= 0.6 is 0 Å². The first-order valence-corrected chi connectivity index (χ1v) is 8.88. The Morgan fingerprint density at radius 3 is 2.46 bits per heavy atom. The van der Waals surface area contributed by atoms with Crippen LogP contribution in [0.3, 0.4) is 0 Å². The van der Waals surface area contributed by atoms with E-state index in [0.717, 1.165) is 11.6 Å². The molecule has 0 saturated carbocycles. The molecule has 146 valence electrons. The fraction of sp³-hybridized carbons (Fsp3) is 0.238. The summed E-state index contributed by atoms with van der Waals surface area (Å²) in [7, 11) is 1.61. The minimum atomic E-state index is -1.20. The van der Waals surface area contributed by atoms with E-state index in [-0.39, 0.29) is 22.8 Å². The van der Waals surface area contributed by atoms with Gasteiger partial charge in [-0.15, -0.1) is 0 Å². The van der Waals surface area contributed by atoms with Gasteiger partial charge in [0.15, 0.2) is 11.6 Å². The van der Waals surface area contributed by atoms with Crippen molar-refractivity contribution in [1.29, 1.82) is 0 Å². The number of benzene rings is 2. The summed E-state index contributed by atoms with van der Waals surface area (Å²) < 4.78 is 27.7. The maximum atomic E-state index is 14.1. The second kappa shape index (κ2) is 7.80. The molecule has 2 atom stereocenters. The highest BCUT2D eigenvalue weighted by Crippen LogP contribution is 2.27. The molecule has 28 heavy (non-hydrogen) atoms. The highest BCUT2D eigenvalue weighted by Gasteiger charge is 2.23. The Kier molecular flexibility index (Phi) is 5.44. The Bertz CT molecular complexity index is 1070. The van der Waals surface area contributed by atoms with E-state index in [0.29, 0.717) is 5.56 Å². The summed E-state index contributed by atoms with van der Waals surface area (Å²) >= 11 is 0. The number of aromatic amines is 1. The first-order chi connectivity index (χ1) is 13.3. The number of carbonyl (C=O) groups excluding carboxylic acids is 1. The lowest BCUT2D eigenvalue weighted by molar-refractivity contribution is 0.191. The van der Waals surface area contributed by atoms with E-state index in [1.807, 2.05) is 37.3 Å². The molecule has 7 heteroatoms. The molecular formula is C21H21F2N3O2. The van der Waals surface area contributed by atoms with Gasteiger partial charge in [-0.3, -0.25) is 4.79 Å². The van der Waals surface area contributed by atoms with Crippen LogP contribution < -0.4 is 10.9 Å². The molecule has 3 aromatic rings. The van der Waals surface area contributed by atoms with Crippen molar-refractivity contribution in [2.45, 2.75) is 25.9 Å². The van der Waals surface area contributed by atoms with E-state index in [1.165, 1.54) is 17.2 Å². The van der Waals surface area contributed by atoms with E-state index in [9.17, 15) is 18.4 Å². The highest BCUT2D eigenvalue weighted by atomic mass is 19.2. The van der Waals surface area contributed by atoms with Crippen molar-refractivity contribution >= 4 is 16.8 Å². The molecule has 0 aliphatic rings. The van der Waals surface area contributed by atoms with Crippen molar-refractivity contribution in [2.24, 2.45) is 0 Å². The Morgan fingerprint density at radius 2 is 1.79 bits per heavy atom. The number of nitrogens with zero attached hydrogens (tertiary/aromatic N) is 1. The maximum absolute atomic E-state index is 14.1. The van der Waals surface area contributed by atoms with Gasteiger partial charge in [0.2, 0.25) is 0 Å². The summed E-state index contributed by atoms with van der Waals surface area (Å²) in [6.45, 7) is 3.63. The molecule has 2 N–H and O–H groups in total. The number of aromatic nitrogens is 1. The van der Waals surface area contributed by atoms with Gasteiger partial charge < -0.3 is 15.2 Å². The van der Waals surface area contributed by atoms with Crippen LogP contribution in [-0.2, 0) is 0 Å². The van der Waals surface area contributed by atoms with E-state index in [4.69, 9.17) is 0 Å². The highest BCUT2D eigenvalue weighted by molar-refractivity contribution is 5.86. The second-order valence-electron chi connectivity index (χ2n) is 6.73. The van der Waals surface area contributed by atoms with Crippen molar-refractivity contribution in [1.82, 2.24) is 15.2 Å². The lowest BCUT2D eigenvalue weighted by atomic mass is 10.0. The molecule has 2 amide bonds. The standard InChI is InChI=1S/C21H21F2N3O2/c1-12(14-7-5-4-6-8-14)25-21(28)26(3)13(2)16-11-24-20(27)18-15(16)9-10-17(22)19(18)23/h4-13H,1-3H3,(H,24,27)(H,25,28). The number of nitrogens with one attached hydrogen (secondary N) is 2. The Balaban J connectivity index is 1.88. The number of amides is 2. The number of hydrogen-bond donors (Lipinski definition) is 2. The number of carbonyl (C=O) groups is 1. The van der Waals surface area contributed by atoms with Gasteiger partial charge >= 0.3 is 6.03 Å². The predicted molar refractivity (Wildman–Crippen MR) is 104 cm³/mol. The summed E-state index contributed by atoms with van der Waals surface area (Å²) in [4.78, 5) is 28.5. The first kappa shape index (κ1) is 19.5. The quantitative estimate of drug-likeness (QED) is 0.704. The van der Waals surface area contributed by atoms with Gasteiger partial charge in [0.1, 0.15) is 0 Å². The smallest absolute Gasteiger partial charge is 0.318 e. The molecular weight excluding hydrogens is 364 g/mol. The molecule has 3 rings (SSSR count). The largest absolute Gasteiger partial charge is 0.331 e. The monoisotopic (exact) mass is 385 g/mol.